The van der Waals surface area contributed by atoms with Crippen molar-refractivity contribution in [1.82, 2.24) is 20.6 Å². The van der Waals surface area contributed by atoms with Gasteiger partial charge in [0.2, 0.25) is 11.8 Å². The van der Waals surface area contributed by atoms with E-state index >= 15 is 0 Å². The number of fused-ring (bicyclic) bond motifs is 2. The molecule has 0 aliphatic rings. The standard InChI is InChI=1S/C38H37N5O5/c39-31(19-26-21-40-32-12-6-4-10-29(26)32)36(45)42-34(20-27-22-41-33-13-7-5-11-30(27)33)37(46)43-35(18-24-14-16-28(44)17-15-24)38(47)48-23-25-8-2-1-3-9-25/h1-17,21-22,31,34-35,40-41,44H,18-20,23,39H2,(H,42,45)(H,43,46)/t31-,34-,35-/m0/s1. The number of rotatable bonds is 13. The van der Waals surface area contributed by atoms with Gasteiger partial charge in [0, 0.05) is 47.0 Å². The number of H-pyrrole nitrogens is 2. The fourth-order valence-electron chi connectivity index (χ4n) is 5.80. The van der Waals surface area contributed by atoms with Gasteiger partial charge in [-0.25, -0.2) is 4.79 Å². The summed E-state index contributed by atoms with van der Waals surface area (Å²) in [6.07, 6.45) is 4.15. The lowest BCUT2D eigenvalue weighted by atomic mass is 10.0. The third-order valence-corrected chi connectivity index (χ3v) is 8.38. The average Bonchev–Trinajstić information content (AvgIpc) is 3.71. The molecule has 2 amide bonds. The minimum atomic E-state index is -1.08. The predicted octanol–water partition coefficient (Wildman–Crippen LogP) is 4.42. The van der Waals surface area contributed by atoms with Gasteiger partial charge in [-0.05, 0) is 52.9 Å². The molecule has 0 unspecified atom stereocenters. The van der Waals surface area contributed by atoms with Crippen LogP contribution in [0.2, 0.25) is 0 Å². The second-order valence-corrected chi connectivity index (χ2v) is 11.8. The van der Waals surface area contributed by atoms with E-state index < -0.39 is 35.9 Å². The van der Waals surface area contributed by atoms with Crippen LogP contribution in [0.5, 0.6) is 5.75 Å². The first-order valence-electron chi connectivity index (χ1n) is 15.8. The molecule has 0 aliphatic carbocycles. The fraction of sp³-hybridized carbons (Fsp3) is 0.184. The van der Waals surface area contributed by atoms with Crippen LogP contribution in [0, 0.1) is 0 Å². The number of para-hydroxylation sites is 2. The molecule has 0 bridgehead atoms. The Morgan fingerprint density at radius 3 is 1.85 bits per heavy atom. The second-order valence-electron chi connectivity index (χ2n) is 11.8. The average molecular weight is 644 g/mol. The molecular formula is C38H37N5O5. The number of phenolic OH excluding ortho intramolecular Hbond substituents is 1. The van der Waals surface area contributed by atoms with Crippen molar-refractivity contribution in [3.05, 3.63) is 138 Å². The van der Waals surface area contributed by atoms with Gasteiger partial charge in [-0.1, -0.05) is 78.9 Å². The summed E-state index contributed by atoms with van der Waals surface area (Å²) in [7, 11) is 0. The lowest BCUT2D eigenvalue weighted by Gasteiger charge is -2.24. The van der Waals surface area contributed by atoms with E-state index in [2.05, 4.69) is 20.6 Å². The Labute approximate surface area is 277 Å². The number of aromatic nitrogens is 2. The third-order valence-electron chi connectivity index (χ3n) is 8.38. The van der Waals surface area contributed by atoms with Crippen molar-refractivity contribution < 1.29 is 24.2 Å². The Balaban J connectivity index is 1.23. The van der Waals surface area contributed by atoms with E-state index in [-0.39, 0.29) is 31.6 Å². The van der Waals surface area contributed by atoms with Crippen LogP contribution in [0.1, 0.15) is 22.3 Å². The molecule has 0 radical (unpaired) electrons. The molecule has 3 atom stereocenters. The van der Waals surface area contributed by atoms with Crippen LogP contribution >= 0.6 is 0 Å². The van der Waals surface area contributed by atoms with Crippen LogP contribution in [0.15, 0.2) is 116 Å². The summed E-state index contributed by atoms with van der Waals surface area (Å²) in [4.78, 5) is 47.5. The third kappa shape index (κ3) is 7.73. The van der Waals surface area contributed by atoms with E-state index in [9.17, 15) is 19.5 Å². The highest BCUT2D eigenvalue weighted by atomic mass is 16.5. The van der Waals surface area contributed by atoms with E-state index in [0.717, 1.165) is 38.5 Å². The van der Waals surface area contributed by atoms with E-state index in [4.69, 9.17) is 10.5 Å². The first kappa shape index (κ1) is 32.1. The molecule has 0 spiro atoms. The van der Waals surface area contributed by atoms with Gasteiger partial charge in [0.25, 0.3) is 0 Å². The zero-order valence-corrected chi connectivity index (χ0v) is 26.2. The lowest BCUT2D eigenvalue weighted by Crippen LogP contribution is -2.56. The molecule has 0 saturated carbocycles. The van der Waals surface area contributed by atoms with Crippen LogP contribution in [-0.4, -0.2) is 51.0 Å². The Kier molecular flexibility index (Phi) is 9.83. The van der Waals surface area contributed by atoms with Gasteiger partial charge in [0.1, 0.15) is 24.4 Å². The topological polar surface area (TPSA) is 162 Å². The number of aromatic amines is 2. The predicted molar refractivity (Wildman–Crippen MR) is 184 cm³/mol. The molecule has 6 aromatic rings. The van der Waals surface area contributed by atoms with Crippen molar-refractivity contribution in [3.63, 3.8) is 0 Å². The molecule has 0 aliphatic heterocycles. The molecule has 4 aromatic carbocycles. The highest BCUT2D eigenvalue weighted by Crippen LogP contribution is 2.21. The van der Waals surface area contributed by atoms with Crippen molar-refractivity contribution in [3.8, 4) is 5.75 Å². The molecule has 6 rings (SSSR count). The Hall–Kier alpha value is -5.87. The van der Waals surface area contributed by atoms with E-state index in [0.29, 0.717) is 5.56 Å². The highest BCUT2D eigenvalue weighted by molar-refractivity contribution is 5.93. The monoisotopic (exact) mass is 643 g/mol. The molecule has 48 heavy (non-hydrogen) atoms. The van der Waals surface area contributed by atoms with Gasteiger partial charge in [0.05, 0.1) is 6.04 Å². The minimum absolute atomic E-state index is 0.0276. The molecule has 10 nitrogen and oxygen atoms in total. The number of aromatic hydroxyl groups is 1. The maximum absolute atomic E-state index is 14.1. The van der Waals surface area contributed by atoms with Gasteiger partial charge >= 0.3 is 5.97 Å². The van der Waals surface area contributed by atoms with Gasteiger partial charge < -0.3 is 36.2 Å². The fourth-order valence-corrected chi connectivity index (χ4v) is 5.80. The smallest absolute Gasteiger partial charge is 0.329 e. The van der Waals surface area contributed by atoms with E-state index in [1.165, 1.54) is 12.1 Å². The van der Waals surface area contributed by atoms with Crippen LogP contribution in [0.25, 0.3) is 21.8 Å². The van der Waals surface area contributed by atoms with Gasteiger partial charge in [-0.15, -0.1) is 0 Å². The van der Waals surface area contributed by atoms with Crippen LogP contribution in [0.4, 0.5) is 0 Å². The van der Waals surface area contributed by atoms with Crippen molar-refractivity contribution in [2.45, 2.75) is 44.0 Å². The maximum Gasteiger partial charge on any atom is 0.329 e. The van der Waals surface area contributed by atoms with Gasteiger partial charge in [0.15, 0.2) is 0 Å². The number of nitrogens with two attached hydrogens (primary N) is 1. The number of hydrogen-bond donors (Lipinski definition) is 6. The van der Waals surface area contributed by atoms with Crippen molar-refractivity contribution >= 4 is 39.6 Å². The first-order chi connectivity index (χ1) is 23.3. The molecule has 244 valence electrons. The maximum atomic E-state index is 14.1. The summed E-state index contributed by atoms with van der Waals surface area (Å²) < 4.78 is 5.63. The summed E-state index contributed by atoms with van der Waals surface area (Å²) in [6, 6.07) is 28.0. The molecule has 2 aromatic heterocycles. The Morgan fingerprint density at radius 1 is 0.646 bits per heavy atom. The Morgan fingerprint density at radius 2 is 1.21 bits per heavy atom. The van der Waals surface area contributed by atoms with Crippen molar-refractivity contribution in [2.75, 3.05) is 0 Å². The van der Waals surface area contributed by atoms with Crippen molar-refractivity contribution in [2.24, 2.45) is 5.73 Å². The summed E-state index contributed by atoms with van der Waals surface area (Å²) in [5, 5.41) is 17.4. The van der Waals surface area contributed by atoms with Crippen LogP contribution in [0.3, 0.4) is 0 Å². The van der Waals surface area contributed by atoms with Crippen LogP contribution < -0.4 is 16.4 Å². The lowest BCUT2D eigenvalue weighted by molar-refractivity contribution is -0.149. The van der Waals surface area contributed by atoms with Crippen LogP contribution in [-0.2, 0) is 45.0 Å². The van der Waals surface area contributed by atoms with E-state index in [1.807, 2.05) is 91.3 Å². The Bertz CT molecular complexity index is 2020. The molecular weight excluding hydrogens is 606 g/mol. The van der Waals surface area contributed by atoms with Crippen molar-refractivity contribution in [1.29, 1.82) is 0 Å². The number of esters is 1. The second kappa shape index (κ2) is 14.7. The summed E-state index contributed by atoms with van der Waals surface area (Å²) in [6.45, 7) is 0.0276. The molecule has 2 heterocycles. The number of benzene rings is 4. The molecule has 0 saturated heterocycles. The zero-order valence-electron chi connectivity index (χ0n) is 26.2. The van der Waals surface area contributed by atoms with Gasteiger partial charge in [-0.2, -0.15) is 0 Å². The van der Waals surface area contributed by atoms with E-state index in [1.54, 1.807) is 12.1 Å². The number of nitrogens with one attached hydrogen (secondary N) is 4. The summed E-state index contributed by atoms with van der Waals surface area (Å²) in [5.74, 6) is -1.61. The minimum Gasteiger partial charge on any atom is -0.508 e. The van der Waals surface area contributed by atoms with Gasteiger partial charge in [-0.3, -0.25) is 9.59 Å². The number of amides is 2. The number of phenols is 1. The number of carbonyl (C=O) groups excluding carboxylic acids is 3. The molecule has 7 N–H and O–H groups in total. The SMILES string of the molecule is N[C@@H](Cc1c[nH]c2ccccc12)C(=O)N[C@@H](Cc1c[nH]c2ccccc12)C(=O)N[C@@H](Cc1ccc(O)cc1)C(=O)OCc1ccccc1. The normalized spacial score (nSPS) is 13.1. The highest BCUT2D eigenvalue weighted by Gasteiger charge is 2.30. The number of ether oxygens (including phenoxy) is 1. The zero-order chi connectivity index (χ0) is 33.5. The number of carbonyl (C=O) groups is 3. The quantitative estimate of drug-likeness (QED) is 0.102. The largest absolute Gasteiger partial charge is 0.508 e. The number of hydrogen-bond acceptors (Lipinski definition) is 6. The summed E-state index contributed by atoms with van der Waals surface area (Å²) in [5.41, 5.74) is 11.5. The molecule has 10 heteroatoms. The first-order valence-corrected chi connectivity index (χ1v) is 15.8. The molecule has 0 fully saturated rings. The summed E-state index contributed by atoms with van der Waals surface area (Å²) >= 11 is 0.